The third-order valence-electron chi connectivity index (χ3n) is 2.43. The quantitative estimate of drug-likeness (QED) is 0.619. The molecule has 2 aromatic rings. The van der Waals surface area contributed by atoms with E-state index in [4.69, 9.17) is 5.73 Å². The number of hydrogen-bond acceptors (Lipinski definition) is 3. The molecule has 0 aliphatic rings. The number of hydrogen-bond donors (Lipinski definition) is 1. The molecule has 1 aromatic heterocycles. The Balaban J connectivity index is 2.80. The normalized spacial score (nSPS) is 11.0. The molecule has 2 N–H and O–H groups in total. The van der Waals surface area contributed by atoms with Crippen LogP contribution in [0.4, 0.5) is 5.69 Å². The van der Waals surface area contributed by atoms with Crippen LogP contribution in [0.15, 0.2) is 22.4 Å². The van der Waals surface area contributed by atoms with Crippen LogP contribution >= 0.6 is 23.1 Å². The number of thioether (sulfide) groups is 1. The lowest BCUT2D eigenvalue weighted by atomic mass is 10.1. The van der Waals surface area contributed by atoms with Gasteiger partial charge in [0.15, 0.2) is 0 Å². The van der Waals surface area contributed by atoms with Crippen molar-refractivity contribution in [3.63, 3.8) is 0 Å². The molecule has 0 spiro atoms. The number of nitrogens with two attached hydrogens (primary N) is 1. The number of aryl methyl sites for hydroxylation is 1. The first-order valence-corrected chi connectivity index (χ1v) is 6.71. The molecular weight excluding hydrogens is 210 g/mol. The van der Waals surface area contributed by atoms with Crippen molar-refractivity contribution in [2.24, 2.45) is 0 Å². The Morgan fingerprint density at radius 3 is 2.93 bits per heavy atom. The molecule has 0 amide bonds. The summed E-state index contributed by atoms with van der Waals surface area (Å²) in [5.74, 6) is 0. The van der Waals surface area contributed by atoms with E-state index in [2.05, 4.69) is 30.7 Å². The van der Waals surface area contributed by atoms with Gasteiger partial charge in [-0.3, -0.25) is 0 Å². The number of fused-ring (bicyclic) bond motifs is 1. The first-order valence-electron chi connectivity index (χ1n) is 4.60. The second kappa shape index (κ2) is 3.83. The maximum absolute atomic E-state index is 6.09. The summed E-state index contributed by atoms with van der Waals surface area (Å²) in [6.45, 7) is 2.19. The SMILES string of the molecule is CCc1cc(SC)c(N)c2sccc12. The topological polar surface area (TPSA) is 26.0 Å². The van der Waals surface area contributed by atoms with Gasteiger partial charge in [-0.1, -0.05) is 6.92 Å². The predicted octanol–water partition coefficient (Wildman–Crippen LogP) is 3.77. The van der Waals surface area contributed by atoms with E-state index in [9.17, 15) is 0 Å². The standard InChI is InChI=1S/C11H13NS2/c1-3-7-6-9(13-2)10(12)11-8(7)4-5-14-11/h4-6H,3,12H2,1-2H3. The Morgan fingerprint density at radius 2 is 2.29 bits per heavy atom. The molecule has 0 saturated carbocycles. The summed E-state index contributed by atoms with van der Waals surface area (Å²) in [6.07, 6.45) is 3.14. The molecule has 0 aliphatic heterocycles. The first-order chi connectivity index (χ1) is 6.77. The molecule has 0 bridgehead atoms. The van der Waals surface area contributed by atoms with E-state index in [0.29, 0.717) is 0 Å². The van der Waals surface area contributed by atoms with Crippen LogP contribution in [0.5, 0.6) is 0 Å². The van der Waals surface area contributed by atoms with Gasteiger partial charge in [0, 0.05) is 4.90 Å². The maximum atomic E-state index is 6.09. The third kappa shape index (κ3) is 1.41. The zero-order valence-electron chi connectivity index (χ0n) is 8.33. The molecule has 0 radical (unpaired) electrons. The highest BCUT2D eigenvalue weighted by molar-refractivity contribution is 7.98. The highest BCUT2D eigenvalue weighted by Crippen LogP contribution is 2.36. The van der Waals surface area contributed by atoms with Crippen LogP contribution in [0.25, 0.3) is 10.1 Å². The highest BCUT2D eigenvalue weighted by Gasteiger charge is 2.08. The monoisotopic (exact) mass is 223 g/mol. The predicted molar refractivity (Wildman–Crippen MR) is 67.4 cm³/mol. The van der Waals surface area contributed by atoms with Crippen molar-refractivity contribution in [1.29, 1.82) is 0 Å². The van der Waals surface area contributed by atoms with Gasteiger partial charge in [0.05, 0.1) is 10.4 Å². The van der Waals surface area contributed by atoms with Gasteiger partial charge in [-0.25, -0.2) is 0 Å². The minimum Gasteiger partial charge on any atom is -0.397 e. The van der Waals surface area contributed by atoms with Crippen molar-refractivity contribution >= 4 is 38.9 Å². The Labute approximate surface area is 92.3 Å². The largest absolute Gasteiger partial charge is 0.397 e. The van der Waals surface area contributed by atoms with Crippen LogP contribution in [0.2, 0.25) is 0 Å². The smallest absolute Gasteiger partial charge is 0.0633 e. The summed E-state index contributed by atoms with van der Waals surface area (Å²) < 4.78 is 1.24. The zero-order valence-corrected chi connectivity index (χ0v) is 9.97. The van der Waals surface area contributed by atoms with Crippen molar-refractivity contribution in [2.75, 3.05) is 12.0 Å². The molecule has 1 heterocycles. The van der Waals surface area contributed by atoms with Gasteiger partial charge in [-0.05, 0) is 41.1 Å². The van der Waals surface area contributed by atoms with Gasteiger partial charge in [0.2, 0.25) is 0 Å². The maximum Gasteiger partial charge on any atom is 0.0633 e. The van der Waals surface area contributed by atoms with Gasteiger partial charge in [-0.2, -0.15) is 0 Å². The van der Waals surface area contributed by atoms with Crippen molar-refractivity contribution in [1.82, 2.24) is 0 Å². The van der Waals surface area contributed by atoms with Crippen LogP contribution in [0, 0.1) is 0 Å². The highest BCUT2D eigenvalue weighted by atomic mass is 32.2. The second-order valence-electron chi connectivity index (χ2n) is 3.17. The van der Waals surface area contributed by atoms with Crippen LogP contribution < -0.4 is 5.73 Å². The summed E-state index contributed by atoms with van der Waals surface area (Å²) in [5.41, 5.74) is 8.43. The summed E-state index contributed by atoms with van der Waals surface area (Å²) >= 11 is 3.46. The van der Waals surface area contributed by atoms with Gasteiger partial charge in [0.1, 0.15) is 0 Å². The molecule has 3 heteroatoms. The molecule has 14 heavy (non-hydrogen) atoms. The molecule has 74 valence electrons. The minimum absolute atomic E-state index is 0.944. The lowest BCUT2D eigenvalue weighted by Gasteiger charge is -2.07. The molecule has 0 unspecified atom stereocenters. The minimum atomic E-state index is 0.944. The van der Waals surface area contributed by atoms with Gasteiger partial charge < -0.3 is 5.73 Å². The van der Waals surface area contributed by atoms with E-state index in [1.165, 1.54) is 20.5 Å². The summed E-state index contributed by atoms with van der Waals surface area (Å²) in [5, 5.41) is 3.44. The van der Waals surface area contributed by atoms with E-state index in [0.717, 1.165) is 12.1 Å². The van der Waals surface area contributed by atoms with E-state index in [-0.39, 0.29) is 0 Å². The molecule has 0 aliphatic carbocycles. The Hall–Kier alpha value is -0.670. The Kier molecular flexibility index (Phi) is 2.70. The van der Waals surface area contributed by atoms with Gasteiger partial charge in [0.25, 0.3) is 0 Å². The molecular formula is C11H13NS2. The first kappa shape index (κ1) is 9.87. The van der Waals surface area contributed by atoms with Gasteiger partial charge >= 0.3 is 0 Å². The summed E-state index contributed by atoms with van der Waals surface area (Å²) in [7, 11) is 0. The Bertz CT molecular complexity index is 460. The second-order valence-corrected chi connectivity index (χ2v) is 4.93. The van der Waals surface area contributed by atoms with Crippen LogP contribution in [0.3, 0.4) is 0 Å². The molecule has 1 nitrogen and oxygen atoms in total. The molecule has 1 aromatic carbocycles. The van der Waals surface area contributed by atoms with Crippen molar-refractivity contribution < 1.29 is 0 Å². The number of nitrogen functional groups attached to an aromatic ring is 1. The lowest BCUT2D eigenvalue weighted by molar-refractivity contribution is 1.15. The van der Waals surface area contributed by atoms with E-state index in [1.807, 2.05) is 0 Å². The van der Waals surface area contributed by atoms with Gasteiger partial charge in [-0.15, -0.1) is 23.1 Å². The average Bonchev–Trinajstić information content (AvgIpc) is 2.68. The Morgan fingerprint density at radius 1 is 1.50 bits per heavy atom. The molecule has 0 saturated heterocycles. The molecule has 2 rings (SSSR count). The van der Waals surface area contributed by atoms with Crippen molar-refractivity contribution in [3.8, 4) is 0 Å². The van der Waals surface area contributed by atoms with Crippen molar-refractivity contribution in [2.45, 2.75) is 18.2 Å². The fourth-order valence-corrected chi connectivity index (χ4v) is 3.21. The van der Waals surface area contributed by atoms with Crippen LogP contribution in [-0.2, 0) is 6.42 Å². The van der Waals surface area contributed by atoms with Crippen LogP contribution in [0.1, 0.15) is 12.5 Å². The molecule has 0 fully saturated rings. The lowest BCUT2D eigenvalue weighted by Crippen LogP contribution is -1.91. The van der Waals surface area contributed by atoms with Crippen LogP contribution in [-0.4, -0.2) is 6.26 Å². The number of benzene rings is 1. The number of anilines is 1. The third-order valence-corrected chi connectivity index (χ3v) is 4.15. The summed E-state index contributed by atoms with van der Waals surface area (Å²) in [4.78, 5) is 1.21. The van der Waals surface area contributed by atoms with E-state index >= 15 is 0 Å². The average molecular weight is 223 g/mol. The van der Waals surface area contributed by atoms with Crippen molar-refractivity contribution in [3.05, 3.63) is 23.1 Å². The van der Waals surface area contributed by atoms with E-state index in [1.54, 1.807) is 23.1 Å². The fourth-order valence-electron chi connectivity index (χ4n) is 1.66. The summed E-state index contributed by atoms with van der Waals surface area (Å²) in [6, 6.07) is 4.38. The number of rotatable bonds is 2. The zero-order chi connectivity index (χ0) is 10.1. The number of thiophene rings is 1. The molecule has 0 atom stereocenters. The fraction of sp³-hybridized carbons (Fsp3) is 0.273. The van der Waals surface area contributed by atoms with E-state index < -0.39 is 0 Å².